The zero-order valence-electron chi connectivity index (χ0n) is 19.9. The molecule has 5 rings (SSSR count). The Labute approximate surface area is 201 Å². The van der Waals surface area contributed by atoms with E-state index in [2.05, 4.69) is 24.0 Å². The molecule has 0 aromatic heterocycles. The van der Waals surface area contributed by atoms with Crippen LogP contribution in [0.25, 0.3) is 0 Å². The van der Waals surface area contributed by atoms with Crippen LogP contribution in [0.4, 0.5) is 0 Å². The van der Waals surface area contributed by atoms with Gasteiger partial charge in [-0.3, -0.25) is 0 Å². The first-order valence-electron chi connectivity index (χ1n) is 12.4. The second-order valence-electron chi connectivity index (χ2n) is 9.68. The molecule has 0 aliphatic carbocycles. The highest BCUT2D eigenvalue weighted by Gasteiger charge is 2.43. The van der Waals surface area contributed by atoms with Crippen molar-refractivity contribution in [3.63, 3.8) is 0 Å². The molecule has 0 bridgehead atoms. The predicted octanol–water partition coefficient (Wildman–Crippen LogP) is 3.27. The van der Waals surface area contributed by atoms with E-state index in [4.69, 9.17) is 24.7 Å². The van der Waals surface area contributed by atoms with E-state index < -0.39 is 6.29 Å². The SMILES string of the molecule is C[C@@H]1[C@H](CN2CCC3(CC2)OCCO3)O[C@H](c2ccc(CN)cc2)O[C@@H]1c1ccc(CO)cc1. The molecular weight excluding hydrogens is 432 g/mol. The van der Waals surface area contributed by atoms with E-state index in [1.54, 1.807) is 0 Å². The molecule has 0 unspecified atom stereocenters. The van der Waals surface area contributed by atoms with Crippen molar-refractivity contribution in [2.75, 3.05) is 32.8 Å². The van der Waals surface area contributed by atoms with E-state index >= 15 is 0 Å². The summed E-state index contributed by atoms with van der Waals surface area (Å²) in [7, 11) is 0. The number of likely N-dealkylation sites (tertiary alicyclic amines) is 1. The van der Waals surface area contributed by atoms with Crippen LogP contribution in [-0.4, -0.2) is 54.7 Å². The molecule has 3 N–H and O–H groups in total. The summed E-state index contributed by atoms with van der Waals surface area (Å²) < 4.78 is 24.9. The summed E-state index contributed by atoms with van der Waals surface area (Å²) in [6.07, 6.45) is 1.23. The second kappa shape index (κ2) is 10.4. The Bertz CT molecular complexity index is 919. The van der Waals surface area contributed by atoms with E-state index in [1.165, 1.54) is 0 Å². The van der Waals surface area contributed by atoms with E-state index in [0.29, 0.717) is 19.8 Å². The number of nitrogens with two attached hydrogens (primary N) is 1. The summed E-state index contributed by atoms with van der Waals surface area (Å²) in [5, 5.41) is 9.44. The smallest absolute Gasteiger partial charge is 0.184 e. The molecule has 7 nitrogen and oxygen atoms in total. The van der Waals surface area contributed by atoms with Gasteiger partial charge in [0.15, 0.2) is 12.1 Å². The third-order valence-corrected chi connectivity index (χ3v) is 7.48. The van der Waals surface area contributed by atoms with Crippen LogP contribution in [0.5, 0.6) is 0 Å². The number of hydrogen-bond donors (Lipinski definition) is 2. The minimum atomic E-state index is -0.451. The first kappa shape index (κ1) is 23.9. The van der Waals surface area contributed by atoms with Gasteiger partial charge < -0.3 is 34.7 Å². The Morgan fingerprint density at radius 3 is 2.15 bits per heavy atom. The molecule has 4 atom stereocenters. The number of rotatable bonds is 6. The van der Waals surface area contributed by atoms with Crippen molar-refractivity contribution in [3.05, 3.63) is 70.8 Å². The van der Waals surface area contributed by atoms with Crippen LogP contribution in [0.2, 0.25) is 0 Å². The topological polar surface area (TPSA) is 86.4 Å². The van der Waals surface area contributed by atoms with Crippen molar-refractivity contribution in [3.8, 4) is 0 Å². The minimum Gasteiger partial charge on any atom is -0.392 e. The lowest BCUT2D eigenvalue weighted by atomic mass is 9.89. The van der Waals surface area contributed by atoms with Crippen LogP contribution in [0.3, 0.4) is 0 Å². The Morgan fingerprint density at radius 2 is 1.53 bits per heavy atom. The van der Waals surface area contributed by atoms with Gasteiger partial charge in [-0.1, -0.05) is 55.5 Å². The molecule has 0 saturated carbocycles. The maximum Gasteiger partial charge on any atom is 0.184 e. The Balaban J connectivity index is 1.34. The molecule has 3 heterocycles. The number of nitrogens with zero attached hydrogens (tertiary/aromatic N) is 1. The molecule has 34 heavy (non-hydrogen) atoms. The predicted molar refractivity (Wildman–Crippen MR) is 128 cm³/mol. The molecule has 3 fully saturated rings. The highest BCUT2D eigenvalue weighted by atomic mass is 16.7. The summed E-state index contributed by atoms with van der Waals surface area (Å²) >= 11 is 0. The lowest BCUT2D eigenvalue weighted by Crippen LogP contribution is -2.50. The highest BCUT2D eigenvalue weighted by Crippen LogP contribution is 2.42. The van der Waals surface area contributed by atoms with Crippen LogP contribution in [-0.2, 0) is 32.1 Å². The monoisotopic (exact) mass is 468 g/mol. The fourth-order valence-corrected chi connectivity index (χ4v) is 5.26. The standard InChI is InChI=1S/C27H36N2O5/c1-19-24(17-29-12-10-27(11-13-29)31-14-15-32-27)33-26(23-8-2-20(16-28)3-9-23)34-25(19)22-6-4-21(18-30)5-7-22/h2-9,19,24-26,30H,10-18,28H2,1H3/t19-,24+,25+,26+/m1/s1. The molecule has 3 aliphatic heterocycles. The van der Waals surface area contributed by atoms with Crippen molar-refractivity contribution >= 4 is 0 Å². The average Bonchev–Trinajstić information content (AvgIpc) is 3.35. The zero-order chi connectivity index (χ0) is 23.5. The second-order valence-corrected chi connectivity index (χ2v) is 9.68. The van der Waals surface area contributed by atoms with Crippen molar-refractivity contribution in [2.45, 2.75) is 57.2 Å². The van der Waals surface area contributed by atoms with Gasteiger partial charge in [0, 0.05) is 50.5 Å². The van der Waals surface area contributed by atoms with E-state index in [0.717, 1.165) is 54.7 Å². The lowest BCUT2D eigenvalue weighted by Gasteiger charge is -2.44. The van der Waals surface area contributed by atoms with E-state index in [1.807, 2.05) is 36.4 Å². The van der Waals surface area contributed by atoms with Crippen LogP contribution in [0, 0.1) is 5.92 Å². The molecule has 0 amide bonds. The minimum absolute atomic E-state index is 0.00918. The quantitative estimate of drug-likeness (QED) is 0.673. The number of aliphatic hydroxyl groups is 1. The third kappa shape index (κ3) is 5.06. The van der Waals surface area contributed by atoms with Gasteiger partial charge >= 0.3 is 0 Å². The summed E-state index contributed by atoms with van der Waals surface area (Å²) in [6.45, 7) is 6.84. The lowest BCUT2D eigenvalue weighted by molar-refractivity contribution is -0.278. The number of benzene rings is 2. The Kier molecular flexibility index (Phi) is 7.32. The van der Waals surface area contributed by atoms with Gasteiger partial charge in [0.05, 0.1) is 32.0 Å². The number of ether oxygens (including phenoxy) is 4. The third-order valence-electron chi connectivity index (χ3n) is 7.48. The van der Waals surface area contributed by atoms with Crippen molar-refractivity contribution in [1.82, 2.24) is 4.90 Å². The summed E-state index contributed by atoms with van der Waals surface area (Å²) in [5.74, 6) is -0.211. The largest absolute Gasteiger partial charge is 0.392 e. The van der Waals surface area contributed by atoms with Crippen LogP contribution in [0.15, 0.2) is 48.5 Å². The molecule has 1 spiro atoms. The maximum absolute atomic E-state index is 9.44. The normalized spacial score (nSPS) is 29.5. The summed E-state index contributed by atoms with van der Waals surface area (Å²) in [6, 6.07) is 16.2. The van der Waals surface area contributed by atoms with Crippen molar-refractivity contribution in [1.29, 1.82) is 0 Å². The highest BCUT2D eigenvalue weighted by molar-refractivity contribution is 5.27. The molecule has 3 saturated heterocycles. The van der Waals surface area contributed by atoms with Gasteiger partial charge in [-0.15, -0.1) is 0 Å². The van der Waals surface area contributed by atoms with Gasteiger partial charge in [0.25, 0.3) is 0 Å². The first-order chi connectivity index (χ1) is 16.6. The van der Waals surface area contributed by atoms with Gasteiger partial charge in [-0.2, -0.15) is 0 Å². The molecule has 0 radical (unpaired) electrons. The van der Waals surface area contributed by atoms with Crippen molar-refractivity contribution < 1.29 is 24.1 Å². The fraction of sp³-hybridized carbons (Fsp3) is 0.556. The maximum atomic E-state index is 9.44. The molecule has 2 aromatic rings. The molecule has 184 valence electrons. The van der Waals surface area contributed by atoms with Crippen molar-refractivity contribution in [2.24, 2.45) is 11.7 Å². The first-order valence-corrected chi connectivity index (χ1v) is 12.4. The molecule has 3 aliphatic rings. The van der Waals surface area contributed by atoms with Gasteiger partial charge in [0.2, 0.25) is 0 Å². The zero-order valence-corrected chi connectivity index (χ0v) is 19.9. The molecular formula is C27H36N2O5. The average molecular weight is 469 g/mol. The van der Waals surface area contributed by atoms with E-state index in [9.17, 15) is 5.11 Å². The van der Waals surface area contributed by atoms with Crippen LogP contribution in [0.1, 0.15) is 54.4 Å². The van der Waals surface area contributed by atoms with E-state index in [-0.39, 0.29) is 30.5 Å². The van der Waals surface area contributed by atoms with Gasteiger partial charge in [0.1, 0.15) is 0 Å². The van der Waals surface area contributed by atoms with Crippen LogP contribution >= 0.6 is 0 Å². The van der Waals surface area contributed by atoms with Gasteiger partial charge in [-0.05, 0) is 16.7 Å². The summed E-state index contributed by atoms with van der Waals surface area (Å²) in [5.41, 5.74) is 9.86. The molecule has 7 heteroatoms. The summed E-state index contributed by atoms with van der Waals surface area (Å²) in [4.78, 5) is 2.46. The molecule has 2 aromatic carbocycles. The number of hydrogen-bond acceptors (Lipinski definition) is 7. The van der Waals surface area contributed by atoms with Gasteiger partial charge in [-0.25, -0.2) is 0 Å². The Hall–Kier alpha value is -1.84. The number of aliphatic hydroxyl groups excluding tert-OH is 1. The fourth-order valence-electron chi connectivity index (χ4n) is 5.26. The Morgan fingerprint density at radius 1 is 0.912 bits per heavy atom. The number of piperidine rings is 1. The van der Waals surface area contributed by atoms with Crippen LogP contribution < -0.4 is 5.73 Å².